The molecule has 1 heterocycles. The molecule has 0 saturated carbocycles. The van der Waals surface area contributed by atoms with Gasteiger partial charge >= 0.3 is 12.2 Å². The third kappa shape index (κ3) is 23.5. The smallest absolute Gasteiger partial charge is 0.407 e. The van der Waals surface area contributed by atoms with Gasteiger partial charge < -0.3 is 95.6 Å². The van der Waals surface area contributed by atoms with Gasteiger partial charge in [0.15, 0.2) is 6.61 Å². The van der Waals surface area contributed by atoms with Crippen LogP contribution in [0.25, 0.3) is 22.3 Å². The number of primary amides is 4. The SMILES string of the molecule is CNC(=O)COc1cc(NC(=O)CCNC(=O)[C@H](CC(N)=O)NC(=O)[C@@H](NC(=O)[C@H](CCC(N)=O)NC(=O)OCC2c3ccccc3-c3ccccc32)C(C)C)nc(NC(=O)CCNC(=O)[C@H](CC(N)=O)NC(=O)[C@@H](NC(=O)[C@H](CCC(N)=O)NC(=O)OCC2c3ccccc3-c3ccccc32)C(C)C)c1. The number of pyridine rings is 1. The zero-order valence-corrected chi connectivity index (χ0v) is 59.0. The maximum absolute atomic E-state index is 13.9. The van der Waals surface area contributed by atoms with Crippen molar-refractivity contribution in [3.05, 3.63) is 131 Å². The lowest BCUT2D eigenvalue weighted by Crippen LogP contribution is -2.58. The lowest BCUT2D eigenvalue weighted by atomic mass is 9.98. The van der Waals surface area contributed by atoms with Gasteiger partial charge in [0.25, 0.3) is 5.91 Å². The Morgan fingerprint density at radius 3 is 1.08 bits per heavy atom. The van der Waals surface area contributed by atoms with Gasteiger partial charge in [-0.05, 0) is 69.2 Å². The Hall–Kier alpha value is -12.5. The number of anilines is 2. The van der Waals surface area contributed by atoms with E-state index in [-0.39, 0.29) is 68.1 Å². The van der Waals surface area contributed by atoms with Crippen molar-refractivity contribution in [2.45, 2.75) is 127 Å². The second-order valence-electron chi connectivity index (χ2n) is 25.7. The van der Waals surface area contributed by atoms with Crippen molar-refractivity contribution < 1.29 is 86.1 Å². The second-order valence-corrected chi connectivity index (χ2v) is 25.7. The molecule has 564 valence electrons. The van der Waals surface area contributed by atoms with E-state index in [1.54, 1.807) is 27.7 Å². The second kappa shape index (κ2) is 38.7. The highest BCUT2D eigenvalue weighted by Crippen LogP contribution is 2.46. The zero-order valence-electron chi connectivity index (χ0n) is 59.0. The number of carbonyl (C=O) groups is 15. The first-order chi connectivity index (χ1) is 50.5. The Morgan fingerprint density at radius 1 is 0.415 bits per heavy atom. The van der Waals surface area contributed by atoms with Crippen molar-refractivity contribution in [1.29, 1.82) is 0 Å². The molecule has 15 amide bonds. The van der Waals surface area contributed by atoms with Crippen LogP contribution in [-0.2, 0) is 71.8 Å². The molecule has 4 aromatic carbocycles. The predicted molar refractivity (Wildman–Crippen MR) is 382 cm³/mol. The highest BCUT2D eigenvalue weighted by Gasteiger charge is 2.37. The van der Waals surface area contributed by atoms with Crippen molar-refractivity contribution in [2.24, 2.45) is 34.8 Å². The number of rotatable bonds is 39. The quantitative estimate of drug-likeness (QED) is 0.0254. The minimum absolute atomic E-state index is 0.0891. The summed E-state index contributed by atoms with van der Waals surface area (Å²) < 4.78 is 16.8. The fourth-order valence-electron chi connectivity index (χ4n) is 11.8. The van der Waals surface area contributed by atoms with E-state index < -0.39 is 182 Å². The van der Waals surface area contributed by atoms with Gasteiger partial charge in [-0.2, -0.15) is 0 Å². The summed E-state index contributed by atoms with van der Waals surface area (Å²) in [6.45, 7) is 4.66. The van der Waals surface area contributed by atoms with Crippen LogP contribution < -0.4 is 86.2 Å². The van der Waals surface area contributed by atoms with Crippen LogP contribution in [0.15, 0.2) is 109 Å². The average molecular weight is 1470 g/mol. The van der Waals surface area contributed by atoms with E-state index in [1.807, 2.05) is 97.1 Å². The third-order valence-electron chi connectivity index (χ3n) is 17.1. The fraction of sp³-hybridized carbons (Fsp3) is 0.389. The average Bonchev–Trinajstić information content (AvgIpc) is 1.62. The lowest BCUT2D eigenvalue weighted by Gasteiger charge is -2.27. The molecule has 2 aliphatic rings. The summed E-state index contributed by atoms with van der Waals surface area (Å²) >= 11 is 0. The number of alkyl carbamates (subject to hydrolysis) is 2. The molecular formula is C72H88N16O18. The minimum atomic E-state index is -1.65. The largest absolute Gasteiger partial charge is 0.484 e. The molecule has 0 saturated heterocycles. The van der Waals surface area contributed by atoms with E-state index in [2.05, 4.69) is 63.5 Å². The first-order valence-electron chi connectivity index (χ1n) is 34.1. The number of likely N-dealkylation sites (N-methyl/N-ethyl adjacent to an activating group) is 1. The number of carbonyl (C=O) groups excluding carboxylic acids is 15. The normalized spacial score (nSPS) is 13.5. The number of benzene rings is 4. The fourth-order valence-corrected chi connectivity index (χ4v) is 11.8. The lowest BCUT2D eigenvalue weighted by molar-refractivity contribution is -0.134. The van der Waals surface area contributed by atoms with Crippen LogP contribution >= 0.6 is 0 Å². The summed E-state index contributed by atoms with van der Waals surface area (Å²) in [5.74, 6) is -14.0. The van der Waals surface area contributed by atoms with Crippen molar-refractivity contribution in [3.63, 3.8) is 0 Å². The van der Waals surface area contributed by atoms with Gasteiger partial charge in [0.05, 0.1) is 12.8 Å². The number of aromatic nitrogens is 1. The van der Waals surface area contributed by atoms with Gasteiger partial charge in [-0.25, -0.2) is 14.6 Å². The number of nitrogens with zero attached hydrogens (tertiary/aromatic N) is 1. The Bertz CT molecular complexity index is 3800. The maximum Gasteiger partial charge on any atom is 0.407 e. The Balaban J connectivity index is 0.903. The van der Waals surface area contributed by atoms with Crippen LogP contribution in [0.3, 0.4) is 0 Å². The number of amides is 15. The van der Waals surface area contributed by atoms with Crippen LogP contribution in [0.4, 0.5) is 21.2 Å². The molecule has 5 aromatic rings. The number of nitrogens with one attached hydrogen (secondary N) is 11. The maximum atomic E-state index is 13.9. The molecule has 19 N–H and O–H groups in total. The molecule has 0 unspecified atom stereocenters. The van der Waals surface area contributed by atoms with Crippen molar-refractivity contribution in [1.82, 2.24) is 52.8 Å². The molecule has 0 bridgehead atoms. The van der Waals surface area contributed by atoms with E-state index >= 15 is 0 Å². The Labute approximate surface area is 609 Å². The van der Waals surface area contributed by atoms with Crippen molar-refractivity contribution in [3.8, 4) is 28.0 Å². The number of hydrogen-bond donors (Lipinski definition) is 15. The zero-order chi connectivity index (χ0) is 77.3. The monoisotopic (exact) mass is 1460 g/mol. The molecule has 1 aromatic heterocycles. The molecule has 34 nitrogen and oxygen atoms in total. The van der Waals surface area contributed by atoms with Gasteiger partial charge in [0.1, 0.15) is 66.9 Å². The Morgan fingerprint density at radius 2 is 0.764 bits per heavy atom. The van der Waals surface area contributed by atoms with Crippen LogP contribution in [0.2, 0.25) is 0 Å². The highest BCUT2D eigenvalue weighted by molar-refractivity contribution is 5.99. The topological polar surface area (TPSA) is 533 Å². The first kappa shape index (κ1) is 80.8. The highest BCUT2D eigenvalue weighted by atomic mass is 16.6. The summed E-state index contributed by atoms with van der Waals surface area (Å²) in [6, 6.07) is 24.0. The van der Waals surface area contributed by atoms with Gasteiger partial charge in [0.2, 0.25) is 70.9 Å². The van der Waals surface area contributed by atoms with Crippen LogP contribution in [0.5, 0.6) is 5.75 Å². The summed E-state index contributed by atoms with van der Waals surface area (Å²) in [6.07, 6.45) is -5.72. The molecule has 2 aliphatic carbocycles. The van der Waals surface area contributed by atoms with Gasteiger partial charge in [0, 0.05) is 69.8 Å². The summed E-state index contributed by atoms with van der Waals surface area (Å²) in [7, 11) is 1.35. The number of hydrogen-bond acceptors (Lipinski definition) is 19. The standard InChI is InChI=1S/C72H88N16O18/c1-37(2)63(87-67(98)50(22-24-54(73)89)82-71(102)105-34-48-44-18-10-6-14-40(44)41-15-7-11-19-45(41)48)69(100)80-52(32-56(75)91)65(96)78-28-26-60(93)85-58-30-39(104-36-62(95)77-5)31-59(84-58)86-61(94)27-29-79-66(97)53(33-57(76)92)81-70(101)64(38(3)4)88-68(99)51(23-25-55(74)90)83-72(103)106-35-49-46-20-12-8-16-42(46)43-17-9-13-21-47(43)49/h6-21,30-31,37-38,48-53,63-64H,22-29,32-36H2,1-5H3,(H2,73,89)(H2,74,90)(H2,75,91)(H2,76,92)(H,77,95)(H,78,96)(H,79,97)(H,80,100)(H,81,101)(H,82,102)(H,83,103)(H,87,98)(H,88,99)(H2,84,85,86,93,94)/t50-,51-,52-,53-,63-,64-/m0/s1. The van der Waals surface area contributed by atoms with E-state index in [1.165, 1.54) is 19.2 Å². The molecule has 6 atom stereocenters. The molecule has 106 heavy (non-hydrogen) atoms. The third-order valence-corrected chi connectivity index (χ3v) is 17.1. The van der Waals surface area contributed by atoms with Crippen LogP contribution in [-0.4, -0.2) is 170 Å². The van der Waals surface area contributed by atoms with Crippen LogP contribution in [0, 0.1) is 11.8 Å². The number of ether oxygens (including phenoxy) is 3. The molecule has 34 heteroatoms. The van der Waals surface area contributed by atoms with E-state index in [9.17, 15) is 71.9 Å². The summed E-state index contributed by atoms with van der Waals surface area (Å²) in [4.78, 5) is 201. The van der Waals surface area contributed by atoms with Crippen molar-refractivity contribution >= 4 is 101 Å². The summed E-state index contributed by atoms with van der Waals surface area (Å²) in [5, 5.41) is 27.0. The number of nitrogens with two attached hydrogens (primary N) is 4. The summed E-state index contributed by atoms with van der Waals surface area (Å²) in [5.41, 5.74) is 29.4. The number of fused-ring (bicyclic) bond motifs is 6. The predicted octanol–water partition coefficient (Wildman–Crippen LogP) is 0.444. The van der Waals surface area contributed by atoms with Crippen molar-refractivity contribution in [2.75, 3.05) is 50.6 Å². The van der Waals surface area contributed by atoms with E-state index in [0.29, 0.717) is 0 Å². The molecule has 0 spiro atoms. The molecular weight excluding hydrogens is 1380 g/mol. The van der Waals surface area contributed by atoms with E-state index in [4.69, 9.17) is 37.1 Å². The van der Waals surface area contributed by atoms with Gasteiger partial charge in [-0.3, -0.25) is 62.3 Å². The first-order valence-corrected chi connectivity index (χ1v) is 34.1. The minimum Gasteiger partial charge on any atom is -0.484 e. The van der Waals surface area contributed by atoms with Crippen LogP contribution in [0.1, 0.15) is 113 Å². The molecule has 7 rings (SSSR count). The molecule has 0 aliphatic heterocycles. The van der Waals surface area contributed by atoms with Gasteiger partial charge in [-0.15, -0.1) is 0 Å². The molecule has 0 radical (unpaired) electrons. The Kier molecular flexibility index (Phi) is 29.5. The van der Waals surface area contributed by atoms with Gasteiger partial charge in [-0.1, -0.05) is 125 Å². The molecule has 0 fully saturated rings. The van der Waals surface area contributed by atoms with E-state index in [0.717, 1.165) is 44.5 Å².